The first-order valence-corrected chi connectivity index (χ1v) is 7.23. The van der Waals surface area contributed by atoms with Crippen molar-refractivity contribution in [2.45, 2.75) is 23.4 Å². The monoisotopic (exact) mass is 279 g/mol. The molecule has 7 heteroatoms. The van der Waals surface area contributed by atoms with Gasteiger partial charge in [-0.15, -0.1) is 11.6 Å². The molecule has 0 saturated carbocycles. The van der Waals surface area contributed by atoms with Gasteiger partial charge in [0.2, 0.25) is 5.09 Å². The SMILES string of the molecule is CN(C1CCOC1)S(=O)(=O)c1ccc(CCl)o1. The number of alkyl halides is 1. The first-order chi connectivity index (χ1) is 8.05. The Morgan fingerprint density at radius 2 is 2.29 bits per heavy atom. The van der Waals surface area contributed by atoms with Gasteiger partial charge in [-0.3, -0.25) is 0 Å². The fourth-order valence-electron chi connectivity index (χ4n) is 1.72. The maximum atomic E-state index is 12.2. The van der Waals surface area contributed by atoms with E-state index >= 15 is 0 Å². The van der Waals surface area contributed by atoms with Crippen molar-refractivity contribution < 1.29 is 17.6 Å². The van der Waals surface area contributed by atoms with Gasteiger partial charge in [0, 0.05) is 13.7 Å². The average Bonchev–Trinajstić information content (AvgIpc) is 2.98. The van der Waals surface area contributed by atoms with Crippen LogP contribution in [-0.4, -0.2) is 39.0 Å². The Morgan fingerprint density at radius 1 is 1.53 bits per heavy atom. The molecule has 0 bridgehead atoms. The lowest BCUT2D eigenvalue weighted by molar-refractivity contribution is 0.180. The molecule has 1 aliphatic heterocycles. The summed E-state index contributed by atoms with van der Waals surface area (Å²) in [6.07, 6.45) is 0.707. The molecule has 0 aromatic carbocycles. The molecule has 0 spiro atoms. The predicted octanol–water partition coefficient (Wildman–Crippen LogP) is 1.43. The summed E-state index contributed by atoms with van der Waals surface area (Å²) in [6.45, 7) is 1.02. The van der Waals surface area contributed by atoms with E-state index in [1.807, 2.05) is 0 Å². The van der Waals surface area contributed by atoms with E-state index in [2.05, 4.69) is 0 Å². The van der Waals surface area contributed by atoms with Crippen LogP contribution in [0.15, 0.2) is 21.6 Å². The van der Waals surface area contributed by atoms with E-state index in [1.165, 1.54) is 17.4 Å². The number of sulfonamides is 1. The zero-order valence-electron chi connectivity index (χ0n) is 9.43. The molecule has 1 fully saturated rings. The van der Waals surface area contributed by atoms with E-state index in [9.17, 15) is 8.42 Å². The van der Waals surface area contributed by atoms with Crippen molar-refractivity contribution >= 4 is 21.6 Å². The van der Waals surface area contributed by atoms with E-state index in [-0.39, 0.29) is 17.0 Å². The summed E-state index contributed by atoms with van der Waals surface area (Å²) < 4.78 is 36.0. The van der Waals surface area contributed by atoms with Crippen LogP contribution in [0.1, 0.15) is 12.2 Å². The summed E-state index contributed by atoms with van der Waals surface area (Å²) in [5.41, 5.74) is 0. The molecule has 5 nitrogen and oxygen atoms in total. The van der Waals surface area contributed by atoms with Crippen LogP contribution in [0, 0.1) is 0 Å². The number of rotatable bonds is 4. The van der Waals surface area contributed by atoms with Crippen molar-refractivity contribution in [3.05, 3.63) is 17.9 Å². The summed E-state index contributed by atoms with van der Waals surface area (Å²) in [7, 11) is -2.04. The van der Waals surface area contributed by atoms with Crippen molar-refractivity contribution in [2.24, 2.45) is 0 Å². The maximum Gasteiger partial charge on any atom is 0.276 e. The van der Waals surface area contributed by atoms with Gasteiger partial charge in [-0.2, -0.15) is 4.31 Å². The highest BCUT2D eigenvalue weighted by atomic mass is 35.5. The number of hydrogen-bond acceptors (Lipinski definition) is 4. The topological polar surface area (TPSA) is 59.8 Å². The first-order valence-electron chi connectivity index (χ1n) is 5.26. The van der Waals surface area contributed by atoms with Crippen molar-refractivity contribution in [1.82, 2.24) is 4.31 Å². The second-order valence-corrected chi connectivity index (χ2v) is 6.09. The summed E-state index contributed by atoms with van der Waals surface area (Å²) >= 11 is 5.57. The van der Waals surface area contributed by atoms with Gasteiger partial charge in [0.25, 0.3) is 10.0 Å². The lowest BCUT2D eigenvalue weighted by Gasteiger charge is -2.20. The molecular formula is C10H14ClNO4S. The molecule has 1 saturated heterocycles. The van der Waals surface area contributed by atoms with E-state index in [0.717, 1.165) is 0 Å². The Labute approximate surface area is 105 Å². The largest absolute Gasteiger partial charge is 0.447 e. The Bertz CT molecular complexity index is 478. The standard InChI is InChI=1S/C10H14ClNO4S/c1-12(8-4-5-15-7-8)17(13,14)10-3-2-9(6-11)16-10/h2-3,8H,4-7H2,1H3. The molecule has 2 heterocycles. The summed E-state index contributed by atoms with van der Waals surface area (Å²) in [5, 5.41) is -0.0671. The minimum Gasteiger partial charge on any atom is -0.447 e. The maximum absolute atomic E-state index is 12.2. The van der Waals surface area contributed by atoms with Crippen molar-refractivity contribution in [2.75, 3.05) is 20.3 Å². The van der Waals surface area contributed by atoms with Gasteiger partial charge >= 0.3 is 0 Å². The van der Waals surface area contributed by atoms with Crippen molar-refractivity contribution in [1.29, 1.82) is 0 Å². The van der Waals surface area contributed by atoms with Crippen molar-refractivity contribution in [3.63, 3.8) is 0 Å². The third-order valence-electron chi connectivity index (χ3n) is 2.82. The van der Waals surface area contributed by atoms with E-state index in [4.69, 9.17) is 20.8 Å². The van der Waals surface area contributed by atoms with Crippen LogP contribution >= 0.6 is 11.6 Å². The van der Waals surface area contributed by atoms with Crippen LogP contribution in [0.5, 0.6) is 0 Å². The summed E-state index contributed by atoms with van der Waals surface area (Å²) in [5.74, 6) is 0.604. The van der Waals surface area contributed by atoms with Crippen LogP contribution in [-0.2, 0) is 20.6 Å². The Kier molecular flexibility index (Phi) is 3.77. The Morgan fingerprint density at radius 3 is 2.82 bits per heavy atom. The Balaban J connectivity index is 2.22. The molecule has 0 radical (unpaired) electrons. The van der Waals surface area contributed by atoms with E-state index in [1.54, 1.807) is 6.07 Å². The van der Waals surface area contributed by atoms with Gasteiger partial charge in [-0.25, -0.2) is 8.42 Å². The third kappa shape index (κ3) is 2.49. The molecule has 2 rings (SSSR count). The highest BCUT2D eigenvalue weighted by Crippen LogP contribution is 2.23. The van der Waals surface area contributed by atoms with Gasteiger partial charge < -0.3 is 9.15 Å². The van der Waals surface area contributed by atoms with Gasteiger partial charge in [-0.05, 0) is 18.6 Å². The molecule has 0 N–H and O–H groups in total. The zero-order valence-corrected chi connectivity index (χ0v) is 11.0. The van der Waals surface area contributed by atoms with Crippen LogP contribution in [0.4, 0.5) is 0 Å². The second kappa shape index (κ2) is 4.97. The fraction of sp³-hybridized carbons (Fsp3) is 0.600. The molecule has 17 heavy (non-hydrogen) atoms. The highest BCUT2D eigenvalue weighted by Gasteiger charge is 2.32. The van der Waals surface area contributed by atoms with Gasteiger partial charge in [-0.1, -0.05) is 0 Å². The van der Waals surface area contributed by atoms with Crippen LogP contribution in [0.25, 0.3) is 0 Å². The molecule has 1 aromatic heterocycles. The Hall–Kier alpha value is -0.560. The summed E-state index contributed by atoms with van der Waals surface area (Å²) in [4.78, 5) is 0. The number of furan rings is 1. The van der Waals surface area contributed by atoms with Crippen LogP contribution in [0.3, 0.4) is 0 Å². The molecule has 1 aromatic rings. The molecular weight excluding hydrogens is 266 g/mol. The predicted molar refractivity (Wildman–Crippen MR) is 62.4 cm³/mol. The molecule has 96 valence electrons. The number of likely N-dealkylation sites (N-methyl/N-ethyl adjacent to an activating group) is 1. The zero-order chi connectivity index (χ0) is 12.5. The van der Waals surface area contributed by atoms with Crippen molar-refractivity contribution in [3.8, 4) is 0 Å². The number of halogens is 1. The molecule has 1 atom stereocenters. The normalized spacial score (nSPS) is 21.2. The first kappa shape index (κ1) is 12.9. The van der Waals surface area contributed by atoms with E-state index < -0.39 is 10.0 Å². The van der Waals surface area contributed by atoms with Gasteiger partial charge in [0.1, 0.15) is 5.76 Å². The number of ether oxygens (including phenoxy) is 1. The minimum absolute atomic E-state index is 0.0671. The number of hydrogen-bond donors (Lipinski definition) is 0. The van der Waals surface area contributed by atoms with Crippen LogP contribution < -0.4 is 0 Å². The molecule has 1 aliphatic rings. The minimum atomic E-state index is -3.58. The average molecular weight is 280 g/mol. The second-order valence-electron chi connectivity index (χ2n) is 3.89. The quantitative estimate of drug-likeness (QED) is 0.782. The number of nitrogens with zero attached hydrogens (tertiary/aromatic N) is 1. The molecule has 0 amide bonds. The van der Waals surface area contributed by atoms with E-state index in [0.29, 0.717) is 25.4 Å². The summed E-state index contributed by atoms with van der Waals surface area (Å²) in [6, 6.07) is 2.88. The molecule has 0 aliphatic carbocycles. The van der Waals surface area contributed by atoms with Gasteiger partial charge in [0.15, 0.2) is 0 Å². The molecule has 1 unspecified atom stereocenters. The van der Waals surface area contributed by atoms with Crippen LogP contribution in [0.2, 0.25) is 0 Å². The smallest absolute Gasteiger partial charge is 0.276 e. The third-order valence-corrected chi connectivity index (χ3v) is 4.87. The van der Waals surface area contributed by atoms with Gasteiger partial charge in [0.05, 0.1) is 18.5 Å². The lowest BCUT2D eigenvalue weighted by atomic mass is 10.3. The lowest BCUT2D eigenvalue weighted by Crippen LogP contribution is -2.37. The fourth-order valence-corrected chi connectivity index (χ4v) is 3.15. The highest BCUT2D eigenvalue weighted by molar-refractivity contribution is 7.89.